The van der Waals surface area contributed by atoms with Crippen LogP contribution in [0.3, 0.4) is 0 Å². The van der Waals surface area contributed by atoms with E-state index in [4.69, 9.17) is 17.1 Å². The summed E-state index contributed by atoms with van der Waals surface area (Å²) >= 11 is 5.85. The second-order valence-electron chi connectivity index (χ2n) is 2.83. The molecule has 1 amide bonds. The van der Waals surface area contributed by atoms with Crippen molar-refractivity contribution >= 4 is 17.5 Å². The van der Waals surface area contributed by atoms with Crippen molar-refractivity contribution in [2.24, 2.45) is 5.22 Å². The Hall–Kier alpha value is -1.16. The van der Waals surface area contributed by atoms with Gasteiger partial charge in [0.1, 0.15) is 0 Å². The number of carbonyl (C=O) groups excluding carboxylic acids is 1. The smallest absolute Gasteiger partial charge is 0.267 e. The van der Waals surface area contributed by atoms with Gasteiger partial charge in [-0.15, -0.1) is 11.6 Å². The summed E-state index contributed by atoms with van der Waals surface area (Å²) in [5.41, 5.74) is 10.0. The lowest BCUT2D eigenvalue weighted by Crippen LogP contribution is -2.21. The van der Waals surface area contributed by atoms with Crippen molar-refractivity contribution in [1.82, 2.24) is 5.43 Å². The molecular formula is C8H10ClN3O. The molecule has 0 bridgehead atoms. The van der Waals surface area contributed by atoms with E-state index in [1.807, 2.05) is 6.92 Å². The van der Waals surface area contributed by atoms with Gasteiger partial charge < -0.3 is 0 Å². The molecule has 0 aromatic rings. The Morgan fingerprint density at radius 2 is 2.54 bits per heavy atom. The molecule has 4 nitrogen and oxygen atoms in total. The molecule has 0 radical (unpaired) electrons. The van der Waals surface area contributed by atoms with Crippen LogP contribution in [-0.4, -0.2) is 11.3 Å². The molecule has 5 heteroatoms. The van der Waals surface area contributed by atoms with E-state index in [-0.39, 0.29) is 11.3 Å². The fourth-order valence-electron chi connectivity index (χ4n) is 1.19. The predicted octanol–water partition coefficient (Wildman–Crippen LogP) is 1.93. The number of hydrogen-bond acceptors (Lipinski definition) is 3. The second-order valence-corrected chi connectivity index (χ2v) is 3.39. The molecule has 0 saturated heterocycles. The van der Waals surface area contributed by atoms with Crippen LogP contribution in [0.1, 0.15) is 13.3 Å². The van der Waals surface area contributed by atoms with E-state index in [2.05, 4.69) is 10.6 Å². The first kappa shape index (κ1) is 9.92. The highest BCUT2D eigenvalue weighted by molar-refractivity contribution is 6.22. The van der Waals surface area contributed by atoms with Crippen molar-refractivity contribution < 1.29 is 4.79 Å². The molecule has 70 valence electrons. The summed E-state index contributed by atoms with van der Waals surface area (Å²) in [6.07, 6.45) is 4.09. The van der Waals surface area contributed by atoms with Crippen LogP contribution in [0.5, 0.6) is 0 Å². The van der Waals surface area contributed by atoms with Gasteiger partial charge in [-0.1, -0.05) is 22.9 Å². The molecule has 1 aliphatic rings. The largest absolute Gasteiger partial charge is 0.272 e. The summed E-state index contributed by atoms with van der Waals surface area (Å²) in [6.45, 7) is 1.84. The molecule has 1 aliphatic carbocycles. The van der Waals surface area contributed by atoms with Crippen LogP contribution in [0, 0.1) is 5.53 Å². The molecule has 0 aromatic heterocycles. The molecule has 1 unspecified atom stereocenters. The number of nitrogens with one attached hydrogen (secondary N) is 2. The minimum atomic E-state index is -0.354. The molecule has 13 heavy (non-hydrogen) atoms. The molecule has 2 N–H and O–H groups in total. The number of amides is 1. The van der Waals surface area contributed by atoms with Crippen molar-refractivity contribution in [2.45, 2.75) is 18.7 Å². The van der Waals surface area contributed by atoms with E-state index >= 15 is 0 Å². The van der Waals surface area contributed by atoms with Gasteiger partial charge in [0, 0.05) is 5.57 Å². The van der Waals surface area contributed by atoms with E-state index in [0.717, 1.165) is 5.57 Å². The van der Waals surface area contributed by atoms with Crippen LogP contribution in [-0.2, 0) is 4.79 Å². The Kier molecular flexibility index (Phi) is 3.19. The summed E-state index contributed by atoms with van der Waals surface area (Å²) in [6, 6.07) is 0. The molecular weight excluding hydrogens is 190 g/mol. The van der Waals surface area contributed by atoms with Crippen LogP contribution in [0.2, 0.25) is 0 Å². The van der Waals surface area contributed by atoms with E-state index < -0.39 is 0 Å². The molecule has 0 aliphatic heterocycles. The highest BCUT2D eigenvalue weighted by atomic mass is 35.5. The zero-order chi connectivity index (χ0) is 9.84. The van der Waals surface area contributed by atoms with Crippen molar-refractivity contribution in [3.05, 3.63) is 23.3 Å². The Balaban J connectivity index is 2.80. The fourth-order valence-corrected chi connectivity index (χ4v) is 1.50. The third-order valence-corrected chi connectivity index (χ3v) is 2.13. The number of hydrogen-bond donors (Lipinski definition) is 2. The Morgan fingerprint density at radius 3 is 3.08 bits per heavy atom. The quantitative estimate of drug-likeness (QED) is 0.398. The lowest BCUT2D eigenvalue weighted by molar-refractivity contribution is -0.117. The minimum Gasteiger partial charge on any atom is -0.267 e. The third-order valence-electron chi connectivity index (χ3n) is 1.83. The number of allylic oxidation sites excluding steroid dienone is 2. The van der Waals surface area contributed by atoms with Crippen LogP contribution < -0.4 is 5.43 Å². The molecule has 0 aromatic carbocycles. The number of rotatable bonds is 2. The summed E-state index contributed by atoms with van der Waals surface area (Å²) in [5, 5.41) is 2.78. The van der Waals surface area contributed by atoms with Gasteiger partial charge in [-0.2, -0.15) is 5.53 Å². The number of nitrogens with zero attached hydrogens (tertiary/aromatic N) is 1. The number of alkyl halides is 1. The van der Waals surface area contributed by atoms with Crippen LogP contribution in [0.4, 0.5) is 0 Å². The van der Waals surface area contributed by atoms with Crippen LogP contribution in [0.15, 0.2) is 28.5 Å². The van der Waals surface area contributed by atoms with Gasteiger partial charge in [0.25, 0.3) is 5.91 Å². The first-order chi connectivity index (χ1) is 6.15. The standard InChI is InChI=1S/C8H10ClN3O/c1-5-4-6(9)2-3-7(5)8(13)11-12-10/h2-3,6H,4H2,1H3,(H2,10,11,13). The Morgan fingerprint density at radius 1 is 1.85 bits per heavy atom. The first-order valence-corrected chi connectivity index (χ1v) is 4.27. The van der Waals surface area contributed by atoms with Gasteiger partial charge in [-0.3, -0.25) is 4.79 Å². The minimum absolute atomic E-state index is 0.0375. The lowest BCUT2D eigenvalue weighted by Gasteiger charge is -2.13. The maximum atomic E-state index is 11.2. The maximum absolute atomic E-state index is 11.2. The lowest BCUT2D eigenvalue weighted by atomic mass is 9.98. The summed E-state index contributed by atoms with van der Waals surface area (Å²) in [7, 11) is 0. The van der Waals surface area contributed by atoms with Gasteiger partial charge >= 0.3 is 0 Å². The third kappa shape index (κ3) is 2.39. The number of halogens is 1. The van der Waals surface area contributed by atoms with E-state index in [0.29, 0.717) is 12.0 Å². The van der Waals surface area contributed by atoms with E-state index in [1.54, 1.807) is 12.2 Å². The topological polar surface area (TPSA) is 65.3 Å². The van der Waals surface area contributed by atoms with E-state index in [1.165, 1.54) is 0 Å². The fraction of sp³-hybridized carbons (Fsp3) is 0.375. The van der Waals surface area contributed by atoms with Gasteiger partial charge in [-0.25, -0.2) is 5.43 Å². The Labute approximate surface area is 81.1 Å². The first-order valence-electron chi connectivity index (χ1n) is 3.84. The van der Waals surface area contributed by atoms with Crippen molar-refractivity contribution in [1.29, 1.82) is 5.53 Å². The summed E-state index contributed by atoms with van der Waals surface area (Å²) < 4.78 is 0. The highest BCUT2D eigenvalue weighted by Crippen LogP contribution is 2.22. The van der Waals surface area contributed by atoms with Crippen LogP contribution in [0.25, 0.3) is 0 Å². The molecule has 0 saturated carbocycles. The van der Waals surface area contributed by atoms with Crippen LogP contribution >= 0.6 is 11.6 Å². The molecule has 0 heterocycles. The zero-order valence-electron chi connectivity index (χ0n) is 7.17. The highest BCUT2D eigenvalue weighted by Gasteiger charge is 2.16. The number of carbonyl (C=O) groups is 1. The normalized spacial score (nSPS) is 21.5. The predicted molar refractivity (Wildman–Crippen MR) is 49.4 cm³/mol. The zero-order valence-corrected chi connectivity index (χ0v) is 7.93. The van der Waals surface area contributed by atoms with Crippen molar-refractivity contribution in [3.63, 3.8) is 0 Å². The van der Waals surface area contributed by atoms with Gasteiger partial charge in [-0.05, 0) is 13.3 Å². The molecule has 1 rings (SSSR count). The summed E-state index contributed by atoms with van der Waals surface area (Å²) in [5.74, 6) is -0.354. The van der Waals surface area contributed by atoms with Crippen molar-refractivity contribution in [2.75, 3.05) is 0 Å². The monoisotopic (exact) mass is 199 g/mol. The molecule has 0 fully saturated rings. The molecule has 0 spiro atoms. The summed E-state index contributed by atoms with van der Waals surface area (Å²) in [4.78, 5) is 11.2. The van der Waals surface area contributed by atoms with E-state index in [9.17, 15) is 4.79 Å². The van der Waals surface area contributed by atoms with Gasteiger partial charge in [0.2, 0.25) is 0 Å². The Bertz CT molecular complexity index is 296. The SMILES string of the molecule is CC1=C(C(=O)NN=N)C=CC(Cl)C1. The average molecular weight is 200 g/mol. The van der Waals surface area contributed by atoms with Gasteiger partial charge in [0.15, 0.2) is 0 Å². The van der Waals surface area contributed by atoms with Gasteiger partial charge in [0.05, 0.1) is 5.38 Å². The average Bonchev–Trinajstić information content (AvgIpc) is 2.04. The molecule has 1 atom stereocenters. The maximum Gasteiger partial charge on any atom is 0.272 e. The second kappa shape index (κ2) is 4.18. The van der Waals surface area contributed by atoms with Crippen molar-refractivity contribution in [3.8, 4) is 0 Å².